The molecule has 0 aliphatic heterocycles. The van der Waals surface area contributed by atoms with Crippen LogP contribution in [-0.4, -0.2) is 21.2 Å². The summed E-state index contributed by atoms with van der Waals surface area (Å²) in [7, 11) is 0. The van der Waals surface area contributed by atoms with Gasteiger partial charge in [-0.05, 0) is 18.1 Å². The van der Waals surface area contributed by atoms with Gasteiger partial charge in [0.2, 0.25) is 5.89 Å². The number of aromatic nitrogens is 2. The van der Waals surface area contributed by atoms with Gasteiger partial charge < -0.3 is 9.63 Å². The molecule has 0 bridgehead atoms. The van der Waals surface area contributed by atoms with E-state index >= 15 is 0 Å². The predicted octanol–water partition coefficient (Wildman–Crippen LogP) is 2.83. The molecule has 2 aromatic rings. The molecular formula is C13H13BrN2O3. The van der Waals surface area contributed by atoms with E-state index in [1.165, 1.54) is 0 Å². The molecule has 0 unspecified atom stereocenters. The molecule has 19 heavy (non-hydrogen) atoms. The second-order valence-electron chi connectivity index (χ2n) is 4.12. The number of halogens is 1. The van der Waals surface area contributed by atoms with Crippen molar-refractivity contribution in [1.82, 2.24) is 10.1 Å². The number of hydrogen-bond donors (Lipinski definition) is 1. The van der Waals surface area contributed by atoms with E-state index in [0.717, 1.165) is 10.0 Å². The van der Waals surface area contributed by atoms with Gasteiger partial charge in [-0.15, -0.1) is 0 Å². The van der Waals surface area contributed by atoms with Crippen LogP contribution in [0.15, 0.2) is 33.3 Å². The molecule has 0 radical (unpaired) electrons. The van der Waals surface area contributed by atoms with Crippen molar-refractivity contribution < 1.29 is 14.4 Å². The van der Waals surface area contributed by atoms with Gasteiger partial charge in [-0.2, -0.15) is 4.98 Å². The van der Waals surface area contributed by atoms with Crippen molar-refractivity contribution in [3.63, 3.8) is 0 Å². The van der Waals surface area contributed by atoms with E-state index in [-0.39, 0.29) is 6.42 Å². The predicted molar refractivity (Wildman–Crippen MR) is 71.8 cm³/mol. The molecule has 6 heteroatoms. The lowest BCUT2D eigenvalue weighted by molar-refractivity contribution is -0.137. The minimum Gasteiger partial charge on any atom is -0.481 e. The van der Waals surface area contributed by atoms with Crippen LogP contribution in [0, 0.1) is 0 Å². The van der Waals surface area contributed by atoms with Crippen LogP contribution in [0.3, 0.4) is 0 Å². The lowest BCUT2D eigenvalue weighted by atomic mass is 10.1. The van der Waals surface area contributed by atoms with Crippen molar-refractivity contribution in [3.05, 3.63) is 46.0 Å². The normalized spacial score (nSPS) is 10.6. The zero-order valence-electron chi connectivity index (χ0n) is 10.2. The molecule has 0 fully saturated rings. The fourth-order valence-electron chi connectivity index (χ4n) is 1.67. The van der Waals surface area contributed by atoms with Crippen molar-refractivity contribution in [1.29, 1.82) is 0 Å². The first-order chi connectivity index (χ1) is 9.15. The van der Waals surface area contributed by atoms with Crippen LogP contribution in [0.4, 0.5) is 0 Å². The molecule has 1 aromatic carbocycles. The Bertz CT molecular complexity index is 569. The van der Waals surface area contributed by atoms with E-state index in [4.69, 9.17) is 9.63 Å². The highest BCUT2D eigenvalue weighted by Gasteiger charge is 2.09. The molecule has 0 spiro atoms. The number of aryl methyl sites for hydroxylation is 1. The smallest absolute Gasteiger partial charge is 0.303 e. The highest BCUT2D eigenvalue weighted by molar-refractivity contribution is 9.10. The average Bonchev–Trinajstić information content (AvgIpc) is 2.79. The summed E-state index contributed by atoms with van der Waals surface area (Å²) in [5.74, 6) is 0.286. The molecular weight excluding hydrogens is 312 g/mol. The molecule has 0 amide bonds. The van der Waals surface area contributed by atoms with Crippen molar-refractivity contribution >= 4 is 21.9 Å². The number of aliphatic carboxylic acids is 1. The maximum absolute atomic E-state index is 10.4. The summed E-state index contributed by atoms with van der Waals surface area (Å²) < 4.78 is 6.10. The van der Waals surface area contributed by atoms with Crippen molar-refractivity contribution in [2.45, 2.75) is 25.7 Å². The molecule has 0 atom stereocenters. The average molecular weight is 325 g/mol. The fraction of sp³-hybridized carbons (Fsp3) is 0.308. The minimum atomic E-state index is -0.812. The van der Waals surface area contributed by atoms with Gasteiger partial charge in [0.15, 0.2) is 5.82 Å². The zero-order chi connectivity index (χ0) is 13.7. The van der Waals surface area contributed by atoms with Crippen molar-refractivity contribution in [3.8, 4) is 0 Å². The highest BCUT2D eigenvalue weighted by Crippen LogP contribution is 2.18. The number of nitrogens with zero attached hydrogens (tertiary/aromatic N) is 2. The third-order valence-corrected chi connectivity index (χ3v) is 3.37. The van der Waals surface area contributed by atoms with Crippen LogP contribution < -0.4 is 0 Å². The SMILES string of the molecule is O=C(O)CCCc1nc(Cc2ccccc2Br)no1. The highest BCUT2D eigenvalue weighted by atomic mass is 79.9. The molecule has 5 nitrogen and oxygen atoms in total. The third kappa shape index (κ3) is 4.17. The van der Waals surface area contributed by atoms with E-state index in [1.54, 1.807) is 0 Å². The first kappa shape index (κ1) is 13.7. The second kappa shape index (κ2) is 6.47. The number of carboxylic acid groups (broad SMARTS) is 1. The zero-order valence-corrected chi connectivity index (χ0v) is 11.8. The molecule has 1 aromatic heterocycles. The third-order valence-electron chi connectivity index (χ3n) is 2.60. The van der Waals surface area contributed by atoms with Crippen LogP contribution in [0.5, 0.6) is 0 Å². The van der Waals surface area contributed by atoms with Crippen LogP contribution >= 0.6 is 15.9 Å². The summed E-state index contributed by atoms with van der Waals surface area (Å²) in [6, 6.07) is 7.85. The standard InChI is InChI=1S/C13H13BrN2O3/c14-10-5-2-1-4-9(10)8-11-15-12(19-16-11)6-3-7-13(17)18/h1-2,4-5H,3,6-8H2,(H,17,18). The van der Waals surface area contributed by atoms with Crippen LogP contribution in [0.1, 0.15) is 30.1 Å². The Morgan fingerprint density at radius 1 is 1.37 bits per heavy atom. The molecule has 0 aliphatic rings. The monoisotopic (exact) mass is 324 g/mol. The Hall–Kier alpha value is -1.69. The van der Waals surface area contributed by atoms with E-state index in [1.807, 2.05) is 24.3 Å². The van der Waals surface area contributed by atoms with Crippen LogP contribution in [-0.2, 0) is 17.6 Å². The second-order valence-corrected chi connectivity index (χ2v) is 4.97. The fourth-order valence-corrected chi connectivity index (χ4v) is 2.09. The molecule has 2 rings (SSSR count). The number of hydrogen-bond acceptors (Lipinski definition) is 4. The lowest BCUT2D eigenvalue weighted by Crippen LogP contribution is -1.96. The van der Waals surface area contributed by atoms with Crippen molar-refractivity contribution in [2.24, 2.45) is 0 Å². The van der Waals surface area contributed by atoms with Crippen LogP contribution in [0.25, 0.3) is 0 Å². The first-order valence-electron chi connectivity index (χ1n) is 5.92. The van der Waals surface area contributed by atoms with E-state index in [2.05, 4.69) is 26.1 Å². The number of carboxylic acids is 1. The Labute approximate surface area is 118 Å². The lowest BCUT2D eigenvalue weighted by Gasteiger charge is -1.99. The molecule has 0 saturated heterocycles. The Morgan fingerprint density at radius 3 is 2.89 bits per heavy atom. The summed E-state index contributed by atoms with van der Waals surface area (Å²) in [5.41, 5.74) is 1.08. The maximum atomic E-state index is 10.4. The minimum absolute atomic E-state index is 0.113. The van der Waals surface area contributed by atoms with E-state index in [9.17, 15) is 4.79 Å². The Balaban J connectivity index is 1.94. The Kier molecular flexibility index (Phi) is 4.68. The summed E-state index contributed by atoms with van der Waals surface area (Å²) in [4.78, 5) is 14.7. The Morgan fingerprint density at radius 2 is 2.16 bits per heavy atom. The van der Waals surface area contributed by atoms with Gasteiger partial charge in [0.1, 0.15) is 0 Å². The molecule has 100 valence electrons. The molecule has 1 heterocycles. The maximum Gasteiger partial charge on any atom is 0.303 e. The van der Waals surface area contributed by atoms with E-state index < -0.39 is 5.97 Å². The van der Waals surface area contributed by atoms with Gasteiger partial charge in [-0.3, -0.25) is 4.79 Å². The topological polar surface area (TPSA) is 76.2 Å². The first-order valence-corrected chi connectivity index (χ1v) is 6.71. The number of benzene rings is 1. The van der Waals surface area contributed by atoms with Crippen LogP contribution in [0.2, 0.25) is 0 Å². The summed E-state index contributed by atoms with van der Waals surface area (Å²) >= 11 is 3.47. The van der Waals surface area contributed by atoms with Gasteiger partial charge >= 0.3 is 5.97 Å². The molecule has 0 saturated carbocycles. The van der Waals surface area contributed by atoms with Gasteiger partial charge in [-0.1, -0.05) is 39.3 Å². The van der Waals surface area contributed by atoms with Gasteiger partial charge in [-0.25, -0.2) is 0 Å². The van der Waals surface area contributed by atoms with Gasteiger partial charge in [0, 0.05) is 23.7 Å². The quantitative estimate of drug-likeness (QED) is 0.884. The number of rotatable bonds is 6. The van der Waals surface area contributed by atoms with Gasteiger partial charge in [0.05, 0.1) is 0 Å². The number of carbonyl (C=O) groups is 1. The summed E-state index contributed by atoms with van der Waals surface area (Å²) in [5, 5.41) is 12.4. The summed E-state index contributed by atoms with van der Waals surface area (Å²) in [6.45, 7) is 0. The van der Waals surface area contributed by atoms with Crippen molar-refractivity contribution in [2.75, 3.05) is 0 Å². The summed E-state index contributed by atoms with van der Waals surface area (Å²) in [6.07, 6.45) is 1.70. The molecule has 0 aliphatic carbocycles. The van der Waals surface area contributed by atoms with Gasteiger partial charge in [0.25, 0.3) is 0 Å². The van der Waals surface area contributed by atoms with E-state index in [0.29, 0.717) is 31.0 Å². The largest absolute Gasteiger partial charge is 0.481 e. The molecule has 1 N–H and O–H groups in total.